The lowest BCUT2D eigenvalue weighted by molar-refractivity contribution is 0.0216. The van der Waals surface area contributed by atoms with Crippen LogP contribution in [0, 0.1) is 0 Å². The van der Waals surface area contributed by atoms with Gasteiger partial charge in [0, 0.05) is 22.2 Å². The molecule has 1 aromatic rings. The molecule has 96 valence electrons. The van der Waals surface area contributed by atoms with Gasteiger partial charge >= 0.3 is 0 Å². The summed E-state index contributed by atoms with van der Waals surface area (Å²) in [6.45, 7) is 0.559. The summed E-state index contributed by atoms with van der Waals surface area (Å²) < 4.78 is 5.34. The van der Waals surface area contributed by atoms with Gasteiger partial charge in [-0.05, 0) is 25.0 Å². The molecular formula is C12H16Cl2O3. The summed E-state index contributed by atoms with van der Waals surface area (Å²) in [6, 6.07) is 5.26. The van der Waals surface area contributed by atoms with E-state index in [1.54, 1.807) is 18.2 Å². The average Bonchev–Trinajstić information content (AvgIpc) is 2.30. The molecule has 2 N–H and O–H groups in total. The first-order valence-corrected chi connectivity index (χ1v) is 6.20. The van der Waals surface area contributed by atoms with Crippen LogP contribution >= 0.6 is 23.2 Å². The zero-order chi connectivity index (χ0) is 12.7. The highest BCUT2D eigenvalue weighted by molar-refractivity contribution is 6.35. The largest absolute Gasteiger partial charge is 0.396 e. The average molecular weight is 279 g/mol. The molecule has 3 nitrogen and oxygen atoms in total. The van der Waals surface area contributed by atoms with E-state index >= 15 is 0 Å². The third-order valence-corrected chi connectivity index (χ3v) is 3.02. The smallest absolute Gasteiger partial charge is 0.0774 e. The molecule has 17 heavy (non-hydrogen) atoms. The zero-order valence-electron chi connectivity index (χ0n) is 9.40. The highest BCUT2D eigenvalue weighted by atomic mass is 35.5. The van der Waals surface area contributed by atoms with Gasteiger partial charge in [-0.2, -0.15) is 0 Å². The topological polar surface area (TPSA) is 49.7 Å². The molecule has 0 aliphatic rings. The van der Waals surface area contributed by atoms with Crippen molar-refractivity contribution in [3.63, 3.8) is 0 Å². The minimum atomic E-state index is -0.566. The minimum absolute atomic E-state index is 0.0768. The summed E-state index contributed by atoms with van der Waals surface area (Å²) in [5, 5.41) is 19.2. The van der Waals surface area contributed by atoms with E-state index in [2.05, 4.69) is 0 Å². The van der Waals surface area contributed by atoms with E-state index in [1.807, 2.05) is 0 Å². The first kappa shape index (κ1) is 14.7. The number of benzene rings is 1. The van der Waals surface area contributed by atoms with Crippen LogP contribution in [0.5, 0.6) is 0 Å². The lowest BCUT2D eigenvalue weighted by Crippen LogP contribution is -2.15. The molecule has 0 spiro atoms. The Labute approximate surface area is 111 Å². The quantitative estimate of drug-likeness (QED) is 0.806. The second-order valence-corrected chi connectivity index (χ2v) is 4.55. The van der Waals surface area contributed by atoms with Gasteiger partial charge in [-0.15, -0.1) is 0 Å². The standard InChI is InChI=1S/C12H16Cl2O3/c13-11-4-1-5-12(14)10(11)8-17-7-9(16)3-2-6-15/h1,4-5,9,15-16H,2-3,6-8H2. The van der Waals surface area contributed by atoms with Crippen molar-refractivity contribution in [2.24, 2.45) is 0 Å². The first-order valence-electron chi connectivity index (χ1n) is 5.44. The number of hydrogen-bond acceptors (Lipinski definition) is 3. The van der Waals surface area contributed by atoms with Crippen LogP contribution in [0.1, 0.15) is 18.4 Å². The van der Waals surface area contributed by atoms with E-state index in [0.29, 0.717) is 22.9 Å². The van der Waals surface area contributed by atoms with Gasteiger partial charge in [-0.3, -0.25) is 0 Å². The van der Waals surface area contributed by atoms with Crippen molar-refractivity contribution in [2.75, 3.05) is 13.2 Å². The summed E-state index contributed by atoms with van der Waals surface area (Å²) in [5.41, 5.74) is 0.727. The maximum atomic E-state index is 9.49. The van der Waals surface area contributed by atoms with Crippen LogP contribution in [-0.4, -0.2) is 29.5 Å². The molecule has 0 aliphatic carbocycles. The van der Waals surface area contributed by atoms with Crippen LogP contribution in [0.3, 0.4) is 0 Å². The lowest BCUT2D eigenvalue weighted by atomic mass is 10.2. The second-order valence-electron chi connectivity index (χ2n) is 3.73. The number of aliphatic hydroxyl groups excluding tert-OH is 2. The Bertz CT molecular complexity index is 324. The molecule has 0 aromatic heterocycles. The summed E-state index contributed by atoms with van der Waals surface area (Å²) in [7, 11) is 0. The molecule has 1 atom stereocenters. The summed E-state index contributed by atoms with van der Waals surface area (Å²) in [6.07, 6.45) is 0.521. The Morgan fingerprint density at radius 1 is 1.24 bits per heavy atom. The van der Waals surface area contributed by atoms with Crippen LogP contribution < -0.4 is 0 Å². The number of aliphatic hydroxyl groups is 2. The molecule has 0 aliphatic heterocycles. The first-order chi connectivity index (χ1) is 8.15. The molecule has 0 radical (unpaired) electrons. The van der Waals surface area contributed by atoms with Crippen molar-refractivity contribution in [3.8, 4) is 0 Å². The van der Waals surface area contributed by atoms with E-state index in [0.717, 1.165) is 5.56 Å². The maximum Gasteiger partial charge on any atom is 0.0774 e. The van der Waals surface area contributed by atoms with Crippen LogP contribution in [0.15, 0.2) is 18.2 Å². The summed E-state index contributed by atoms with van der Waals surface area (Å²) in [4.78, 5) is 0. The SMILES string of the molecule is OCCCC(O)COCc1c(Cl)cccc1Cl. The van der Waals surface area contributed by atoms with Crippen molar-refractivity contribution in [2.45, 2.75) is 25.6 Å². The highest BCUT2D eigenvalue weighted by Crippen LogP contribution is 2.24. The molecule has 0 saturated heterocycles. The van der Waals surface area contributed by atoms with E-state index in [4.69, 9.17) is 33.0 Å². The molecule has 0 amide bonds. The zero-order valence-corrected chi connectivity index (χ0v) is 10.9. The van der Waals surface area contributed by atoms with E-state index < -0.39 is 6.10 Å². The Morgan fingerprint density at radius 2 is 1.88 bits per heavy atom. The fourth-order valence-electron chi connectivity index (χ4n) is 1.38. The molecule has 1 aromatic carbocycles. The van der Waals surface area contributed by atoms with Crippen LogP contribution in [-0.2, 0) is 11.3 Å². The van der Waals surface area contributed by atoms with Gasteiger partial charge in [0.15, 0.2) is 0 Å². The van der Waals surface area contributed by atoms with Crippen molar-refractivity contribution in [3.05, 3.63) is 33.8 Å². The number of rotatable bonds is 7. The maximum absolute atomic E-state index is 9.49. The lowest BCUT2D eigenvalue weighted by Gasteiger charge is -2.12. The molecule has 0 fully saturated rings. The monoisotopic (exact) mass is 278 g/mol. The molecule has 0 bridgehead atoms. The second kappa shape index (κ2) is 7.90. The third kappa shape index (κ3) is 5.23. The van der Waals surface area contributed by atoms with Gasteiger partial charge in [0.2, 0.25) is 0 Å². The summed E-state index contributed by atoms with van der Waals surface area (Å²) >= 11 is 11.9. The van der Waals surface area contributed by atoms with Crippen LogP contribution in [0.25, 0.3) is 0 Å². The van der Waals surface area contributed by atoms with Gasteiger partial charge in [0.05, 0.1) is 19.3 Å². The van der Waals surface area contributed by atoms with Gasteiger partial charge < -0.3 is 14.9 Å². The Hall–Kier alpha value is -0.320. The van der Waals surface area contributed by atoms with Gasteiger partial charge in [-0.25, -0.2) is 0 Å². The van der Waals surface area contributed by atoms with Crippen molar-refractivity contribution in [1.82, 2.24) is 0 Å². The Balaban J connectivity index is 2.35. The van der Waals surface area contributed by atoms with Crippen molar-refractivity contribution < 1.29 is 14.9 Å². The Kier molecular flexibility index (Phi) is 6.85. The molecular weight excluding hydrogens is 263 g/mol. The predicted molar refractivity (Wildman–Crippen MR) is 68.4 cm³/mol. The number of halogens is 2. The minimum Gasteiger partial charge on any atom is -0.396 e. The number of ether oxygens (including phenoxy) is 1. The van der Waals surface area contributed by atoms with E-state index in [1.165, 1.54) is 0 Å². The molecule has 0 saturated carbocycles. The fourth-order valence-corrected chi connectivity index (χ4v) is 1.88. The number of hydrogen-bond donors (Lipinski definition) is 2. The van der Waals surface area contributed by atoms with Gasteiger partial charge in [0.1, 0.15) is 0 Å². The predicted octanol–water partition coefficient (Wildman–Crippen LogP) is 2.64. The fraction of sp³-hybridized carbons (Fsp3) is 0.500. The normalized spacial score (nSPS) is 12.7. The van der Waals surface area contributed by atoms with Crippen LogP contribution in [0.4, 0.5) is 0 Å². The van der Waals surface area contributed by atoms with Crippen molar-refractivity contribution in [1.29, 1.82) is 0 Å². The van der Waals surface area contributed by atoms with Gasteiger partial charge in [0.25, 0.3) is 0 Å². The molecule has 1 rings (SSSR count). The van der Waals surface area contributed by atoms with Gasteiger partial charge in [-0.1, -0.05) is 29.3 Å². The van der Waals surface area contributed by atoms with E-state index in [-0.39, 0.29) is 19.8 Å². The Morgan fingerprint density at radius 3 is 2.47 bits per heavy atom. The molecule has 5 heteroatoms. The third-order valence-electron chi connectivity index (χ3n) is 2.31. The molecule has 0 heterocycles. The summed E-state index contributed by atoms with van der Waals surface area (Å²) in [5.74, 6) is 0. The molecule has 1 unspecified atom stereocenters. The van der Waals surface area contributed by atoms with Crippen LogP contribution in [0.2, 0.25) is 10.0 Å². The van der Waals surface area contributed by atoms with Crippen molar-refractivity contribution >= 4 is 23.2 Å². The highest BCUT2D eigenvalue weighted by Gasteiger charge is 2.08. The van der Waals surface area contributed by atoms with E-state index in [9.17, 15) is 5.11 Å².